The highest BCUT2D eigenvalue weighted by atomic mass is 19.3. The number of rotatable bonds is 4. The zero-order chi connectivity index (χ0) is 9.68. The number of hydrogen-bond acceptors (Lipinski definition) is 3. The van der Waals surface area contributed by atoms with Gasteiger partial charge in [0.05, 0.1) is 12.8 Å². The number of nitrogens with zero attached hydrogens (tertiary/aromatic N) is 1. The summed E-state index contributed by atoms with van der Waals surface area (Å²) in [5.74, 6) is 0.262. The predicted molar refractivity (Wildman–Crippen MR) is 40.9 cm³/mol. The molecule has 0 unspecified atom stereocenters. The molecule has 1 rings (SSSR count). The molecule has 1 heterocycles. The van der Waals surface area contributed by atoms with Crippen molar-refractivity contribution in [2.75, 3.05) is 6.61 Å². The first-order valence-corrected chi connectivity index (χ1v) is 3.67. The third kappa shape index (κ3) is 3.23. The molecule has 71 valence electrons. The Labute approximate surface area is 74.3 Å². The minimum absolute atomic E-state index is 0.124. The first kappa shape index (κ1) is 9.70. The van der Waals surface area contributed by atoms with Crippen molar-refractivity contribution in [2.45, 2.75) is 13.5 Å². The summed E-state index contributed by atoms with van der Waals surface area (Å²) in [5.41, 5.74) is 0. The van der Waals surface area contributed by atoms with E-state index in [0.29, 0.717) is 12.4 Å². The van der Waals surface area contributed by atoms with Gasteiger partial charge in [-0.3, -0.25) is 0 Å². The van der Waals surface area contributed by atoms with Gasteiger partial charge in [-0.05, 0) is 6.92 Å². The number of pyridine rings is 1. The summed E-state index contributed by atoms with van der Waals surface area (Å²) in [6.45, 7) is -0.639. The summed E-state index contributed by atoms with van der Waals surface area (Å²) in [7, 11) is 0. The second-order valence-corrected chi connectivity index (χ2v) is 2.09. The molecule has 0 aliphatic carbocycles. The van der Waals surface area contributed by atoms with E-state index in [1.165, 1.54) is 12.3 Å². The lowest BCUT2D eigenvalue weighted by Gasteiger charge is -2.05. The molecule has 13 heavy (non-hydrogen) atoms. The molecule has 1 aromatic rings. The van der Waals surface area contributed by atoms with Crippen LogP contribution in [-0.2, 0) is 0 Å². The van der Waals surface area contributed by atoms with Crippen molar-refractivity contribution in [2.24, 2.45) is 0 Å². The molecule has 1 aromatic heterocycles. The van der Waals surface area contributed by atoms with E-state index in [9.17, 15) is 8.78 Å². The van der Waals surface area contributed by atoms with Gasteiger partial charge in [-0.1, -0.05) is 0 Å². The molecular formula is C8H8F2NO2. The predicted octanol–water partition coefficient (Wildman–Crippen LogP) is 1.88. The molecule has 0 N–H and O–H groups in total. The van der Waals surface area contributed by atoms with Crippen LogP contribution < -0.4 is 9.47 Å². The van der Waals surface area contributed by atoms with Crippen molar-refractivity contribution in [1.82, 2.24) is 4.98 Å². The number of halogens is 2. The molecule has 0 saturated heterocycles. The fourth-order valence-corrected chi connectivity index (χ4v) is 0.760. The van der Waals surface area contributed by atoms with Gasteiger partial charge in [-0.15, -0.1) is 0 Å². The first-order chi connectivity index (χ1) is 6.22. The molecule has 0 bridgehead atoms. The highest BCUT2D eigenvalue weighted by Crippen LogP contribution is 2.18. The van der Waals surface area contributed by atoms with Crippen LogP contribution in [0.1, 0.15) is 6.92 Å². The van der Waals surface area contributed by atoms with Crippen molar-refractivity contribution >= 4 is 0 Å². The van der Waals surface area contributed by atoms with Gasteiger partial charge in [0.15, 0.2) is 5.75 Å². The van der Waals surface area contributed by atoms with Gasteiger partial charge < -0.3 is 9.47 Å². The normalized spacial score (nSPS) is 10.2. The molecule has 1 radical (unpaired) electrons. The van der Waals surface area contributed by atoms with E-state index in [0.717, 1.165) is 0 Å². The van der Waals surface area contributed by atoms with E-state index in [1.807, 2.05) is 0 Å². The summed E-state index contributed by atoms with van der Waals surface area (Å²) in [5, 5.41) is 0. The maximum Gasteiger partial charge on any atom is 0.387 e. The van der Waals surface area contributed by atoms with Crippen LogP contribution in [0.25, 0.3) is 0 Å². The standard InChI is InChI=1S/C8H8F2NO2/c1-2-12-6-3-7(5-11-4-6)13-8(9)10/h3-4,8H,2H2,1H3. The van der Waals surface area contributed by atoms with Crippen molar-refractivity contribution in [1.29, 1.82) is 0 Å². The molecule has 0 fully saturated rings. The van der Waals surface area contributed by atoms with Crippen LogP contribution in [0.3, 0.4) is 0 Å². The maximum absolute atomic E-state index is 11.7. The molecule has 0 saturated carbocycles. The maximum atomic E-state index is 11.7. The van der Waals surface area contributed by atoms with Crippen LogP contribution in [0.5, 0.6) is 11.5 Å². The molecule has 0 aliphatic rings. The van der Waals surface area contributed by atoms with Crippen LogP contribution >= 0.6 is 0 Å². The van der Waals surface area contributed by atoms with Gasteiger partial charge >= 0.3 is 6.61 Å². The van der Waals surface area contributed by atoms with Crippen molar-refractivity contribution in [3.8, 4) is 11.5 Å². The van der Waals surface area contributed by atoms with E-state index >= 15 is 0 Å². The number of alkyl halides is 2. The molecule has 0 amide bonds. The SMILES string of the molecule is CCOc1cn[c]c(OC(F)F)c1. The van der Waals surface area contributed by atoms with Crippen LogP contribution in [0.2, 0.25) is 0 Å². The summed E-state index contributed by atoms with van der Waals surface area (Å²) in [6.07, 6.45) is 3.64. The second kappa shape index (κ2) is 4.59. The minimum atomic E-state index is -2.87. The van der Waals surface area contributed by atoms with Gasteiger partial charge in [0.1, 0.15) is 11.9 Å². The van der Waals surface area contributed by atoms with E-state index in [2.05, 4.69) is 15.9 Å². The Hall–Kier alpha value is -1.39. The quantitative estimate of drug-likeness (QED) is 0.722. The molecular weight excluding hydrogens is 180 g/mol. The Balaban J connectivity index is 2.67. The van der Waals surface area contributed by atoms with Crippen LogP contribution in [0, 0.1) is 6.20 Å². The first-order valence-electron chi connectivity index (χ1n) is 3.67. The Kier molecular flexibility index (Phi) is 3.42. The fourth-order valence-electron chi connectivity index (χ4n) is 0.760. The smallest absolute Gasteiger partial charge is 0.387 e. The lowest BCUT2D eigenvalue weighted by atomic mass is 10.4. The summed E-state index contributed by atoms with van der Waals surface area (Å²) in [6, 6.07) is 1.31. The highest BCUT2D eigenvalue weighted by Gasteiger charge is 2.05. The fraction of sp³-hybridized carbons (Fsp3) is 0.375. The molecule has 3 nitrogen and oxygen atoms in total. The molecule has 0 atom stereocenters. The highest BCUT2D eigenvalue weighted by molar-refractivity contribution is 5.27. The summed E-state index contributed by atoms with van der Waals surface area (Å²) < 4.78 is 32.5. The van der Waals surface area contributed by atoms with Crippen LogP contribution in [-0.4, -0.2) is 18.2 Å². The number of ether oxygens (including phenoxy) is 2. The van der Waals surface area contributed by atoms with Crippen LogP contribution in [0.15, 0.2) is 12.3 Å². The van der Waals surface area contributed by atoms with E-state index in [-0.39, 0.29) is 5.75 Å². The zero-order valence-corrected chi connectivity index (χ0v) is 6.96. The number of aromatic nitrogens is 1. The van der Waals surface area contributed by atoms with E-state index in [4.69, 9.17) is 4.74 Å². The Morgan fingerprint density at radius 3 is 3.00 bits per heavy atom. The molecule has 5 heteroatoms. The largest absolute Gasteiger partial charge is 0.492 e. The average molecular weight is 188 g/mol. The summed E-state index contributed by atoms with van der Waals surface area (Å²) >= 11 is 0. The van der Waals surface area contributed by atoms with Gasteiger partial charge in [0, 0.05) is 6.07 Å². The van der Waals surface area contributed by atoms with Gasteiger partial charge in [0.2, 0.25) is 0 Å². The molecule has 0 aliphatic heterocycles. The molecule has 0 spiro atoms. The minimum Gasteiger partial charge on any atom is -0.492 e. The Morgan fingerprint density at radius 2 is 2.38 bits per heavy atom. The third-order valence-electron chi connectivity index (χ3n) is 1.17. The van der Waals surface area contributed by atoms with Crippen molar-refractivity contribution in [3.05, 3.63) is 18.5 Å². The average Bonchev–Trinajstić information content (AvgIpc) is 2.04. The van der Waals surface area contributed by atoms with E-state index in [1.54, 1.807) is 6.92 Å². The number of hydrogen-bond donors (Lipinski definition) is 0. The van der Waals surface area contributed by atoms with E-state index < -0.39 is 6.61 Å². The zero-order valence-electron chi connectivity index (χ0n) is 6.96. The third-order valence-corrected chi connectivity index (χ3v) is 1.17. The Bertz CT molecular complexity index is 268. The monoisotopic (exact) mass is 188 g/mol. The summed E-state index contributed by atoms with van der Waals surface area (Å²) in [4.78, 5) is 3.55. The lowest BCUT2D eigenvalue weighted by Crippen LogP contribution is -2.02. The van der Waals surface area contributed by atoms with Gasteiger partial charge in [-0.25, -0.2) is 4.98 Å². The van der Waals surface area contributed by atoms with Crippen molar-refractivity contribution < 1.29 is 18.3 Å². The Morgan fingerprint density at radius 1 is 1.62 bits per heavy atom. The topological polar surface area (TPSA) is 31.4 Å². The molecule has 0 aromatic carbocycles. The lowest BCUT2D eigenvalue weighted by molar-refractivity contribution is -0.0503. The van der Waals surface area contributed by atoms with Gasteiger partial charge in [0.25, 0.3) is 0 Å². The van der Waals surface area contributed by atoms with Gasteiger partial charge in [-0.2, -0.15) is 8.78 Å². The second-order valence-electron chi connectivity index (χ2n) is 2.09. The van der Waals surface area contributed by atoms with Crippen LogP contribution in [0.4, 0.5) is 8.78 Å². The van der Waals surface area contributed by atoms with Crippen molar-refractivity contribution in [3.63, 3.8) is 0 Å².